The summed E-state index contributed by atoms with van der Waals surface area (Å²) in [7, 11) is -4.03. The van der Waals surface area contributed by atoms with Crippen LogP contribution in [0, 0.1) is 0 Å². The number of isocyanates is 2. The molecule has 1 unspecified atom stereocenters. The first-order chi connectivity index (χ1) is 6.58. The van der Waals surface area contributed by atoms with E-state index in [9.17, 15) is 18.0 Å². The molecular weight excluding hydrogens is 208 g/mol. The summed E-state index contributed by atoms with van der Waals surface area (Å²) in [6.45, 7) is 1.86. The predicted octanol–water partition coefficient (Wildman–Crippen LogP) is 0.504. The van der Waals surface area contributed by atoms with Gasteiger partial charge in [0.05, 0.1) is 0 Å². The number of hydrogen-bond donors (Lipinski definition) is 0. The van der Waals surface area contributed by atoms with E-state index in [2.05, 4.69) is 9.39 Å². The highest BCUT2D eigenvalue weighted by atomic mass is 32.2. The number of rotatable bonds is 6. The van der Waals surface area contributed by atoms with Gasteiger partial charge in [-0.25, -0.2) is 18.0 Å². The van der Waals surface area contributed by atoms with E-state index in [0.717, 1.165) is 18.6 Å². The Labute approximate surface area is 81.8 Å². The van der Waals surface area contributed by atoms with E-state index in [1.165, 1.54) is 0 Å². The molecule has 0 saturated carbocycles. The third-order valence-electron chi connectivity index (χ3n) is 1.51. The van der Waals surface area contributed by atoms with Gasteiger partial charge in [-0.15, -0.1) is 0 Å². The molecule has 0 aromatic heterocycles. The third-order valence-corrected chi connectivity index (χ3v) is 2.87. The van der Waals surface area contributed by atoms with Crippen molar-refractivity contribution in [2.75, 3.05) is 0 Å². The van der Waals surface area contributed by atoms with Gasteiger partial charge in [0.25, 0.3) is 16.1 Å². The molecule has 0 bridgehead atoms. The first kappa shape index (κ1) is 12.7. The van der Waals surface area contributed by atoms with E-state index in [4.69, 9.17) is 0 Å². The van der Waals surface area contributed by atoms with Crippen LogP contribution in [-0.2, 0) is 19.6 Å². The van der Waals surface area contributed by atoms with Gasteiger partial charge in [0.1, 0.15) is 0 Å². The predicted molar refractivity (Wildman–Crippen MR) is 48.5 cm³/mol. The smallest absolute Gasteiger partial charge is 0.211 e. The summed E-state index contributed by atoms with van der Waals surface area (Å²) in [6, 6.07) is 0. The van der Waals surface area contributed by atoms with Crippen LogP contribution in [0.25, 0.3) is 0 Å². The van der Waals surface area contributed by atoms with Crippen molar-refractivity contribution < 1.29 is 18.0 Å². The molecule has 0 amide bonds. The van der Waals surface area contributed by atoms with Crippen LogP contribution in [0.4, 0.5) is 0 Å². The van der Waals surface area contributed by atoms with Gasteiger partial charge < -0.3 is 0 Å². The van der Waals surface area contributed by atoms with Crippen LogP contribution in [-0.4, -0.2) is 26.0 Å². The van der Waals surface area contributed by atoms with E-state index in [1.807, 2.05) is 6.92 Å². The van der Waals surface area contributed by atoms with Gasteiger partial charge in [0.15, 0.2) is 5.37 Å². The lowest BCUT2D eigenvalue weighted by Crippen LogP contribution is -2.16. The molecule has 0 aliphatic heterocycles. The fourth-order valence-electron chi connectivity index (χ4n) is 0.830. The largest absolute Gasteiger partial charge is 0.287 e. The lowest BCUT2D eigenvalue weighted by atomic mass is 10.2. The molecule has 0 aromatic rings. The Morgan fingerprint density at radius 3 is 2.36 bits per heavy atom. The van der Waals surface area contributed by atoms with E-state index >= 15 is 0 Å². The molecule has 0 radical (unpaired) electrons. The summed E-state index contributed by atoms with van der Waals surface area (Å²) in [5.74, 6) is 0. The number of hydrogen-bond acceptors (Lipinski definition) is 5. The SMILES string of the molecule is CCCCC(N=C=O)S(=O)(=O)N=C=O. The van der Waals surface area contributed by atoms with Crippen LogP contribution in [0.1, 0.15) is 26.2 Å². The highest BCUT2D eigenvalue weighted by molar-refractivity contribution is 7.90. The molecule has 0 spiro atoms. The van der Waals surface area contributed by atoms with Gasteiger partial charge in [-0.1, -0.05) is 24.2 Å². The Bertz CT molecular complexity index is 363. The van der Waals surface area contributed by atoms with Crippen molar-refractivity contribution in [3.8, 4) is 0 Å². The Kier molecular flexibility index (Phi) is 5.64. The summed E-state index contributed by atoms with van der Waals surface area (Å²) in [5, 5.41) is -1.30. The van der Waals surface area contributed by atoms with Crippen LogP contribution in [0.15, 0.2) is 9.39 Å². The molecule has 0 fully saturated rings. The molecule has 0 N–H and O–H groups in total. The Hall–Kier alpha value is -1.29. The fourth-order valence-corrected chi connectivity index (χ4v) is 1.70. The summed E-state index contributed by atoms with van der Waals surface area (Å²) in [5.41, 5.74) is 0. The molecular formula is C7H10N2O4S. The minimum absolute atomic E-state index is 0.152. The number of sulfonamides is 1. The van der Waals surface area contributed by atoms with Gasteiger partial charge in [0, 0.05) is 0 Å². The maximum Gasteiger partial charge on any atom is 0.287 e. The normalized spacial score (nSPS) is 12.4. The van der Waals surface area contributed by atoms with Gasteiger partial charge in [-0.05, 0) is 6.42 Å². The number of aliphatic imine (C=N–C) groups is 1. The minimum atomic E-state index is -4.03. The van der Waals surface area contributed by atoms with Crippen LogP contribution < -0.4 is 0 Å². The molecule has 0 aliphatic rings. The second kappa shape index (κ2) is 6.21. The van der Waals surface area contributed by atoms with Crippen molar-refractivity contribution in [3.63, 3.8) is 0 Å². The average Bonchev–Trinajstić information content (AvgIpc) is 2.11. The monoisotopic (exact) mass is 218 g/mol. The molecule has 14 heavy (non-hydrogen) atoms. The van der Waals surface area contributed by atoms with Crippen molar-refractivity contribution in [1.29, 1.82) is 0 Å². The summed E-state index contributed by atoms with van der Waals surface area (Å²) < 4.78 is 24.9. The molecule has 0 saturated heterocycles. The molecule has 6 nitrogen and oxygen atoms in total. The molecule has 0 aliphatic carbocycles. The first-order valence-electron chi connectivity index (χ1n) is 3.98. The van der Waals surface area contributed by atoms with E-state index < -0.39 is 15.4 Å². The van der Waals surface area contributed by atoms with Gasteiger partial charge >= 0.3 is 0 Å². The zero-order chi connectivity index (χ0) is 11.0. The highest BCUT2D eigenvalue weighted by Crippen LogP contribution is 2.12. The molecule has 0 aromatic carbocycles. The molecule has 7 heteroatoms. The van der Waals surface area contributed by atoms with Crippen molar-refractivity contribution >= 4 is 22.2 Å². The second-order valence-electron chi connectivity index (χ2n) is 2.51. The summed E-state index contributed by atoms with van der Waals surface area (Å²) in [4.78, 5) is 22.8. The standard InChI is InChI=1S/C7H10N2O4S/c1-2-3-4-7(8-5-10)14(12,13)9-6-11/h7H,2-4H2,1H3. The summed E-state index contributed by atoms with van der Waals surface area (Å²) in [6.07, 6.45) is 3.55. The quantitative estimate of drug-likeness (QED) is 0.479. The minimum Gasteiger partial charge on any atom is -0.211 e. The molecule has 1 atom stereocenters. The van der Waals surface area contributed by atoms with Crippen LogP contribution in [0.5, 0.6) is 0 Å². The van der Waals surface area contributed by atoms with Crippen LogP contribution >= 0.6 is 0 Å². The van der Waals surface area contributed by atoms with E-state index in [1.54, 1.807) is 0 Å². The van der Waals surface area contributed by atoms with Crippen molar-refractivity contribution in [2.24, 2.45) is 9.39 Å². The van der Waals surface area contributed by atoms with E-state index in [-0.39, 0.29) is 6.42 Å². The van der Waals surface area contributed by atoms with Gasteiger partial charge in [-0.3, -0.25) is 0 Å². The zero-order valence-corrected chi connectivity index (χ0v) is 8.45. The van der Waals surface area contributed by atoms with E-state index in [0.29, 0.717) is 6.42 Å². The molecule has 78 valence electrons. The van der Waals surface area contributed by atoms with Crippen molar-refractivity contribution in [3.05, 3.63) is 0 Å². The first-order valence-corrected chi connectivity index (χ1v) is 5.48. The van der Waals surface area contributed by atoms with Crippen molar-refractivity contribution in [1.82, 2.24) is 0 Å². The Morgan fingerprint density at radius 1 is 1.29 bits per heavy atom. The summed E-state index contributed by atoms with van der Waals surface area (Å²) >= 11 is 0. The maximum absolute atomic E-state index is 11.1. The van der Waals surface area contributed by atoms with Crippen LogP contribution in [0.2, 0.25) is 0 Å². The second-order valence-corrected chi connectivity index (χ2v) is 4.27. The highest BCUT2D eigenvalue weighted by Gasteiger charge is 2.23. The number of carbonyl (C=O) groups excluding carboxylic acids is 2. The third kappa shape index (κ3) is 4.09. The maximum atomic E-state index is 11.1. The lowest BCUT2D eigenvalue weighted by molar-refractivity contribution is 0.546. The Morgan fingerprint density at radius 2 is 1.93 bits per heavy atom. The van der Waals surface area contributed by atoms with Crippen LogP contribution in [0.3, 0.4) is 0 Å². The molecule has 0 rings (SSSR count). The molecule has 0 heterocycles. The lowest BCUT2D eigenvalue weighted by Gasteiger charge is -2.04. The average molecular weight is 218 g/mol. The number of unbranched alkanes of at least 4 members (excludes halogenated alkanes) is 1. The number of nitrogens with zero attached hydrogens (tertiary/aromatic N) is 2. The zero-order valence-electron chi connectivity index (χ0n) is 7.63. The Balaban J connectivity index is 4.81. The van der Waals surface area contributed by atoms with Gasteiger partial charge in [0.2, 0.25) is 6.08 Å². The fraction of sp³-hybridized carbons (Fsp3) is 0.714. The topological polar surface area (TPSA) is 93.0 Å². The van der Waals surface area contributed by atoms with Gasteiger partial charge in [-0.2, -0.15) is 4.99 Å². The van der Waals surface area contributed by atoms with Crippen molar-refractivity contribution in [2.45, 2.75) is 31.6 Å².